The average Bonchev–Trinajstić information content (AvgIpc) is 2.03. The summed E-state index contributed by atoms with van der Waals surface area (Å²) in [6, 6.07) is 1.83. The maximum absolute atomic E-state index is 5.53. The Bertz CT molecular complexity index is 307. The number of nitrogens with two attached hydrogens (primary N) is 1. The lowest BCUT2D eigenvalue weighted by Gasteiger charge is -2.07. The van der Waals surface area contributed by atoms with Gasteiger partial charge in [0.1, 0.15) is 5.75 Å². The van der Waals surface area contributed by atoms with Gasteiger partial charge in [-0.1, -0.05) is 6.58 Å². The summed E-state index contributed by atoms with van der Waals surface area (Å²) in [6.07, 6.45) is 1.66. The Morgan fingerprint density at radius 2 is 2.33 bits per heavy atom. The van der Waals surface area contributed by atoms with Gasteiger partial charge in [0, 0.05) is 23.7 Å². The van der Waals surface area contributed by atoms with Gasteiger partial charge >= 0.3 is 0 Å². The number of ether oxygens (including phenoxy) is 1. The van der Waals surface area contributed by atoms with Crippen molar-refractivity contribution in [2.24, 2.45) is 5.73 Å². The number of rotatable bonds is 2. The van der Waals surface area contributed by atoms with Crippen molar-refractivity contribution in [3.05, 3.63) is 30.1 Å². The van der Waals surface area contributed by atoms with E-state index in [1.165, 1.54) is 0 Å². The highest BCUT2D eigenvalue weighted by atomic mass is 16.5. The van der Waals surface area contributed by atoms with Crippen LogP contribution >= 0.6 is 0 Å². The zero-order chi connectivity index (χ0) is 9.14. The highest BCUT2D eigenvalue weighted by molar-refractivity contribution is 5.65. The molecule has 0 aliphatic rings. The van der Waals surface area contributed by atoms with Crippen molar-refractivity contribution in [3.63, 3.8) is 0 Å². The van der Waals surface area contributed by atoms with Gasteiger partial charge in [-0.2, -0.15) is 0 Å². The molecule has 3 heteroatoms. The van der Waals surface area contributed by atoms with Crippen molar-refractivity contribution in [2.75, 3.05) is 7.11 Å². The molecule has 0 unspecified atom stereocenters. The van der Waals surface area contributed by atoms with Crippen LogP contribution in [0.5, 0.6) is 5.75 Å². The van der Waals surface area contributed by atoms with E-state index in [1.54, 1.807) is 13.3 Å². The smallest absolute Gasteiger partial charge is 0.131 e. The van der Waals surface area contributed by atoms with E-state index < -0.39 is 0 Å². The fraction of sp³-hybridized carbons (Fsp3) is 0.222. The van der Waals surface area contributed by atoms with Gasteiger partial charge in [0.15, 0.2) is 0 Å². The Balaban J connectivity index is 3.20. The van der Waals surface area contributed by atoms with Crippen molar-refractivity contribution in [3.8, 4) is 5.75 Å². The van der Waals surface area contributed by atoms with Crippen LogP contribution in [0, 0.1) is 6.92 Å². The molecule has 2 N–H and O–H groups in total. The molecule has 1 rings (SSSR count). The van der Waals surface area contributed by atoms with Crippen LogP contribution in [0.1, 0.15) is 11.3 Å². The molecule has 0 saturated heterocycles. The summed E-state index contributed by atoms with van der Waals surface area (Å²) in [5.41, 5.74) is 7.65. The van der Waals surface area contributed by atoms with Crippen molar-refractivity contribution in [2.45, 2.75) is 6.92 Å². The maximum atomic E-state index is 5.53. The first-order valence-electron chi connectivity index (χ1n) is 3.60. The number of methoxy groups -OCH3 is 1. The van der Waals surface area contributed by atoms with Crippen molar-refractivity contribution < 1.29 is 4.74 Å². The zero-order valence-electron chi connectivity index (χ0n) is 7.29. The highest BCUT2D eigenvalue weighted by Crippen LogP contribution is 2.21. The highest BCUT2D eigenvalue weighted by Gasteiger charge is 2.03. The fourth-order valence-electron chi connectivity index (χ4n) is 0.945. The van der Waals surface area contributed by atoms with Crippen LogP contribution < -0.4 is 10.5 Å². The monoisotopic (exact) mass is 164 g/mol. The summed E-state index contributed by atoms with van der Waals surface area (Å²) < 4.78 is 5.11. The first-order chi connectivity index (χ1) is 5.65. The topological polar surface area (TPSA) is 48.1 Å². The predicted molar refractivity (Wildman–Crippen MR) is 48.7 cm³/mol. The van der Waals surface area contributed by atoms with E-state index in [1.807, 2.05) is 13.0 Å². The van der Waals surface area contributed by atoms with E-state index in [-0.39, 0.29) is 0 Å². The van der Waals surface area contributed by atoms with Crippen molar-refractivity contribution in [1.82, 2.24) is 4.98 Å². The largest absolute Gasteiger partial charge is 0.496 e. The third-order valence-electron chi connectivity index (χ3n) is 1.57. The molecule has 0 saturated carbocycles. The molecule has 0 amide bonds. The van der Waals surface area contributed by atoms with Crippen LogP contribution in [0.2, 0.25) is 0 Å². The Hall–Kier alpha value is -1.51. The SMILES string of the molecule is C=C(N)c1cnc(C)cc1OC. The lowest BCUT2D eigenvalue weighted by Crippen LogP contribution is -1.99. The average molecular weight is 164 g/mol. The molecule has 3 nitrogen and oxygen atoms in total. The second-order valence-corrected chi connectivity index (χ2v) is 2.55. The minimum atomic E-state index is 0.472. The molecule has 1 heterocycles. The van der Waals surface area contributed by atoms with Crippen molar-refractivity contribution in [1.29, 1.82) is 0 Å². The summed E-state index contributed by atoms with van der Waals surface area (Å²) >= 11 is 0. The van der Waals surface area contributed by atoms with Crippen LogP contribution in [0.15, 0.2) is 18.8 Å². The molecule has 0 aromatic carbocycles. The molecule has 64 valence electrons. The minimum Gasteiger partial charge on any atom is -0.496 e. The minimum absolute atomic E-state index is 0.472. The zero-order valence-corrected chi connectivity index (χ0v) is 7.29. The van der Waals surface area contributed by atoms with Gasteiger partial charge in [-0.25, -0.2) is 0 Å². The number of hydrogen-bond acceptors (Lipinski definition) is 3. The summed E-state index contributed by atoms with van der Waals surface area (Å²) in [5, 5.41) is 0. The van der Waals surface area contributed by atoms with Gasteiger partial charge < -0.3 is 10.5 Å². The van der Waals surface area contributed by atoms with E-state index in [0.29, 0.717) is 5.70 Å². The Kier molecular flexibility index (Phi) is 2.33. The van der Waals surface area contributed by atoms with Crippen LogP contribution in [0.3, 0.4) is 0 Å². The summed E-state index contributed by atoms with van der Waals surface area (Å²) in [7, 11) is 1.60. The Labute approximate surface area is 71.9 Å². The van der Waals surface area contributed by atoms with E-state index >= 15 is 0 Å². The van der Waals surface area contributed by atoms with Crippen LogP contribution in [0.25, 0.3) is 5.70 Å². The lowest BCUT2D eigenvalue weighted by atomic mass is 10.2. The first kappa shape index (κ1) is 8.59. The molecule has 0 fully saturated rings. The van der Waals surface area contributed by atoms with Gasteiger partial charge in [0.25, 0.3) is 0 Å². The quantitative estimate of drug-likeness (QED) is 0.717. The van der Waals surface area contributed by atoms with Gasteiger partial charge in [0.2, 0.25) is 0 Å². The number of nitrogens with zero attached hydrogens (tertiary/aromatic N) is 1. The molecular formula is C9H12N2O. The number of hydrogen-bond donors (Lipinski definition) is 1. The molecule has 0 atom stereocenters. The third-order valence-corrected chi connectivity index (χ3v) is 1.57. The molecule has 12 heavy (non-hydrogen) atoms. The summed E-state index contributed by atoms with van der Waals surface area (Å²) in [4.78, 5) is 4.09. The Morgan fingerprint density at radius 3 is 2.83 bits per heavy atom. The number of aromatic nitrogens is 1. The molecule has 0 aliphatic carbocycles. The normalized spacial score (nSPS) is 9.50. The van der Waals surface area contributed by atoms with Crippen LogP contribution in [-0.2, 0) is 0 Å². The van der Waals surface area contributed by atoms with Gasteiger partial charge in [0.05, 0.1) is 12.7 Å². The fourth-order valence-corrected chi connectivity index (χ4v) is 0.945. The molecule has 0 radical (unpaired) electrons. The summed E-state index contributed by atoms with van der Waals surface area (Å²) in [5.74, 6) is 0.718. The van der Waals surface area contributed by atoms with E-state index in [9.17, 15) is 0 Å². The van der Waals surface area contributed by atoms with Gasteiger partial charge in [-0.05, 0) is 6.92 Å². The number of aryl methyl sites for hydroxylation is 1. The van der Waals surface area contributed by atoms with Crippen LogP contribution in [-0.4, -0.2) is 12.1 Å². The molecular weight excluding hydrogens is 152 g/mol. The standard InChI is InChI=1S/C9H12N2O/c1-6-4-9(12-3)8(5-11-6)7(2)10/h4-5H,2,10H2,1,3H3. The summed E-state index contributed by atoms with van der Waals surface area (Å²) in [6.45, 7) is 5.52. The van der Waals surface area contributed by atoms with Gasteiger partial charge in [-0.15, -0.1) is 0 Å². The van der Waals surface area contributed by atoms with E-state index in [2.05, 4.69) is 11.6 Å². The van der Waals surface area contributed by atoms with E-state index in [0.717, 1.165) is 17.0 Å². The van der Waals surface area contributed by atoms with Crippen LogP contribution in [0.4, 0.5) is 0 Å². The third kappa shape index (κ3) is 1.56. The Morgan fingerprint density at radius 1 is 1.67 bits per heavy atom. The maximum Gasteiger partial charge on any atom is 0.131 e. The predicted octanol–water partition coefficient (Wildman–Crippen LogP) is 1.33. The van der Waals surface area contributed by atoms with Crippen molar-refractivity contribution >= 4 is 5.70 Å². The number of pyridine rings is 1. The molecule has 0 spiro atoms. The second kappa shape index (κ2) is 3.26. The van der Waals surface area contributed by atoms with E-state index in [4.69, 9.17) is 10.5 Å². The second-order valence-electron chi connectivity index (χ2n) is 2.55. The molecule has 0 aliphatic heterocycles. The molecule has 1 aromatic heterocycles. The lowest BCUT2D eigenvalue weighted by molar-refractivity contribution is 0.412. The van der Waals surface area contributed by atoms with Gasteiger partial charge in [-0.3, -0.25) is 4.98 Å². The molecule has 0 bridgehead atoms. The first-order valence-corrected chi connectivity index (χ1v) is 3.60. The molecule has 1 aromatic rings.